The van der Waals surface area contributed by atoms with Crippen LogP contribution in [0.3, 0.4) is 0 Å². The van der Waals surface area contributed by atoms with Crippen molar-refractivity contribution in [1.82, 2.24) is 4.98 Å². The van der Waals surface area contributed by atoms with Gasteiger partial charge in [-0.15, -0.1) is 0 Å². The van der Waals surface area contributed by atoms with Gasteiger partial charge in [0.25, 0.3) is 0 Å². The number of nitrogens with one attached hydrogen (secondary N) is 1. The van der Waals surface area contributed by atoms with Crippen molar-refractivity contribution in [3.8, 4) is 0 Å². The van der Waals surface area contributed by atoms with Gasteiger partial charge in [0.2, 0.25) is 0 Å². The van der Waals surface area contributed by atoms with Crippen LogP contribution in [0.5, 0.6) is 0 Å². The van der Waals surface area contributed by atoms with E-state index in [1.165, 1.54) is 0 Å². The van der Waals surface area contributed by atoms with Gasteiger partial charge < -0.3 is 11.1 Å². The molecule has 1 atom stereocenters. The Morgan fingerprint density at radius 1 is 1.40 bits per heavy atom. The van der Waals surface area contributed by atoms with Crippen LogP contribution in [-0.4, -0.2) is 11.5 Å². The van der Waals surface area contributed by atoms with E-state index in [1.807, 2.05) is 19.1 Å². The number of hydrogen-bond donors (Lipinski definition) is 2. The van der Waals surface area contributed by atoms with Crippen LogP contribution < -0.4 is 11.1 Å². The van der Waals surface area contributed by atoms with Crippen LogP contribution in [0.15, 0.2) is 18.3 Å². The fraction of sp³-hybridized carbons (Fsp3) is 0.583. The lowest BCUT2D eigenvalue weighted by Crippen LogP contribution is -2.09. The van der Waals surface area contributed by atoms with Gasteiger partial charge in [0, 0.05) is 18.8 Å². The molecule has 0 amide bonds. The molecule has 1 rings (SSSR count). The summed E-state index contributed by atoms with van der Waals surface area (Å²) in [4.78, 5) is 4.25. The highest BCUT2D eigenvalue weighted by molar-refractivity contribution is 5.38. The van der Waals surface area contributed by atoms with Gasteiger partial charge in [-0.1, -0.05) is 13.8 Å². The van der Waals surface area contributed by atoms with Gasteiger partial charge in [-0.05, 0) is 37.0 Å². The smallest absolute Gasteiger partial charge is 0.126 e. The normalized spacial score (nSPS) is 12.9. The second kappa shape index (κ2) is 5.71. The minimum Gasteiger partial charge on any atom is -0.370 e. The van der Waals surface area contributed by atoms with Crippen LogP contribution in [0, 0.1) is 5.92 Å². The summed E-state index contributed by atoms with van der Waals surface area (Å²) in [6.45, 7) is 7.38. The second-order valence-electron chi connectivity index (χ2n) is 4.37. The molecule has 0 fully saturated rings. The maximum atomic E-state index is 5.80. The van der Waals surface area contributed by atoms with E-state index in [2.05, 4.69) is 24.1 Å². The SMILES string of the molecule is CC(C)CCNc1cc(C(C)N)ccn1. The zero-order valence-corrected chi connectivity index (χ0v) is 9.83. The highest BCUT2D eigenvalue weighted by Gasteiger charge is 2.01. The zero-order chi connectivity index (χ0) is 11.3. The Morgan fingerprint density at radius 3 is 2.73 bits per heavy atom. The number of aromatic nitrogens is 1. The Morgan fingerprint density at radius 2 is 2.13 bits per heavy atom. The third-order valence-corrected chi connectivity index (χ3v) is 2.34. The molecule has 0 aliphatic carbocycles. The summed E-state index contributed by atoms with van der Waals surface area (Å²) in [5, 5.41) is 3.30. The van der Waals surface area contributed by atoms with E-state index in [-0.39, 0.29) is 6.04 Å². The van der Waals surface area contributed by atoms with Gasteiger partial charge in [-0.2, -0.15) is 0 Å². The minimum atomic E-state index is 0.0682. The van der Waals surface area contributed by atoms with E-state index in [0.717, 1.165) is 24.3 Å². The molecule has 0 aliphatic heterocycles. The van der Waals surface area contributed by atoms with Crippen LogP contribution in [0.4, 0.5) is 5.82 Å². The number of hydrogen-bond acceptors (Lipinski definition) is 3. The van der Waals surface area contributed by atoms with Crippen molar-refractivity contribution in [1.29, 1.82) is 0 Å². The number of nitrogens with two attached hydrogens (primary N) is 1. The molecule has 1 unspecified atom stereocenters. The highest BCUT2D eigenvalue weighted by Crippen LogP contribution is 2.13. The Hall–Kier alpha value is -1.09. The van der Waals surface area contributed by atoms with Gasteiger partial charge >= 0.3 is 0 Å². The van der Waals surface area contributed by atoms with E-state index in [1.54, 1.807) is 6.20 Å². The van der Waals surface area contributed by atoms with Crippen LogP contribution in [-0.2, 0) is 0 Å². The van der Waals surface area contributed by atoms with Crippen LogP contribution in [0.1, 0.15) is 38.8 Å². The van der Waals surface area contributed by atoms with Gasteiger partial charge in [0.05, 0.1) is 0 Å². The number of anilines is 1. The Labute approximate surface area is 92.1 Å². The van der Waals surface area contributed by atoms with E-state index in [4.69, 9.17) is 5.73 Å². The largest absolute Gasteiger partial charge is 0.370 e. The molecule has 15 heavy (non-hydrogen) atoms. The minimum absolute atomic E-state index is 0.0682. The maximum absolute atomic E-state index is 5.80. The first-order chi connectivity index (χ1) is 7.09. The van der Waals surface area contributed by atoms with Crippen molar-refractivity contribution in [3.05, 3.63) is 23.9 Å². The average Bonchev–Trinajstić information content (AvgIpc) is 2.17. The van der Waals surface area contributed by atoms with Gasteiger partial charge in [-0.3, -0.25) is 0 Å². The van der Waals surface area contributed by atoms with Gasteiger partial charge in [0.15, 0.2) is 0 Å². The average molecular weight is 207 g/mol. The van der Waals surface area contributed by atoms with E-state index in [0.29, 0.717) is 5.92 Å². The zero-order valence-electron chi connectivity index (χ0n) is 9.83. The molecule has 0 aliphatic rings. The molecule has 0 saturated heterocycles. The Balaban J connectivity index is 2.50. The van der Waals surface area contributed by atoms with Crippen molar-refractivity contribution in [2.45, 2.75) is 33.2 Å². The predicted molar refractivity (Wildman–Crippen MR) is 64.8 cm³/mol. The first-order valence-electron chi connectivity index (χ1n) is 5.55. The molecule has 0 spiro atoms. The topological polar surface area (TPSA) is 50.9 Å². The highest BCUT2D eigenvalue weighted by atomic mass is 15.0. The summed E-state index contributed by atoms with van der Waals surface area (Å²) in [6, 6.07) is 4.04. The Bertz CT molecular complexity index is 295. The molecule has 0 radical (unpaired) electrons. The molecule has 84 valence electrons. The molecule has 3 heteroatoms. The third-order valence-electron chi connectivity index (χ3n) is 2.34. The van der Waals surface area contributed by atoms with E-state index >= 15 is 0 Å². The molecule has 1 heterocycles. The lowest BCUT2D eigenvalue weighted by Gasteiger charge is -2.10. The first-order valence-corrected chi connectivity index (χ1v) is 5.55. The van der Waals surface area contributed by atoms with Crippen molar-refractivity contribution in [3.63, 3.8) is 0 Å². The maximum Gasteiger partial charge on any atom is 0.126 e. The molecule has 1 aromatic heterocycles. The van der Waals surface area contributed by atoms with Crippen LogP contribution in [0.2, 0.25) is 0 Å². The summed E-state index contributed by atoms with van der Waals surface area (Å²) in [5.74, 6) is 1.64. The Kier molecular flexibility index (Phi) is 4.56. The second-order valence-corrected chi connectivity index (χ2v) is 4.37. The van der Waals surface area contributed by atoms with Crippen molar-refractivity contribution < 1.29 is 0 Å². The lowest BCUT2D eigenvalue weighted by molar-refractivity contribution is 0.606. The van der Waals surface area contributed by atoms with Crippen molar-refractivity contribution in [2.75, 3.05) is 11.9 Å². The molecular formula is C12H21N3. The monoisotopic (exact) mass is 207 g/mol. The van der Waals surface area contributed by atoms with Crippen molar-refractivity contribution in [2.24, 2.45) is 11.7 Å². The number of rotatable bonds is 5. The molecule has 0 bridgehead atoms. The summed E-state index contributed by atoms with van der Waals surface area (Å²) in [7, 11) is 0. The number of nitrogens with zero attached hydrogens (tertiary/aromatic N) is 1. The summed E-state index contributed by atoms with van der Waals surface area (Å²) < 4.78 is 0. The summed E-state index contributed by atoms with van der Waals surface area (Å²) >= 11 is 0. The quantitative estimate of drug-likeness (QED) is 0.780. The predicted octanol–water partition coefficient (Wildman–Crippen LogP) is 2.56. The lowest BCUT2D eigenvalue weighted by atomic mass is 10.1. The molecule has 0 aromatic carbocycles. The standard InChI is InChI=1S/C12H21N3/c1-9(2)4-6-14-12-8-11(10(3)13)5-7-15-12/h5,7-10H,4,6,13H2,1-3H3,(H,14,15). The molecule has 0 saturated carbocycles. The fourth-order valence-corrected chi connectivity index (χ4v) is 1.32. The van der Waals surface area contributed by atoms with Gasteiger partial charge in [0.1, 0.15) is 5.82 Å². The van der Waals surface area contributed by atoms with E-state index < -0.39 is 0 Å². The fourth-order valence-electron chi connectivity index (χ4n) is 1.32. The molecule has 1 aromatic rings. The summed E-state index contributed by atoms with van der Waals surface area (Å²) in [6.07, 6.45) is 2.96. The van der Waals surface area contributed by atoms with Gasteiger partial charge in [-0.25, -0.2) is 4.98 Å². The van der Waals surface area contributed by atoms with Crippen LogP contribution >= 0.6 is 0 Å². The number of pyridine rings is 1. The molecular weight excluding hydrogens is 186 g/mol. The van der Waals surface area contributed by atoms with Crippen molar-refractivity contribution >= 4 is 5.82 Å². The molecule has 3 nitrogen and oxygen atoms in total. The third kappa shape index (κ3) is 4.30. The molecule has 3 N–H and O–H groups in total. The first kappa shape index (κ1) is 12.0. The van der Waals surface area contributed by atoms with E-state index in [9.17, 15) is 0 Å². The van der Waals surface area contributed by atoms with Crippen LogP contribution in [0.25, 0.3) is 0 Å². The summed E-state index contributed by atoms with van der Waals surface area (Å²) in [5.41, 5.74) is 6.93.